The molecule has 0 radical (unpaired) electrons. The van der Waals surface area contributed by atoms with Crippen molar-refractivity contribution in [1.29, 1.82) is 0 Å². The van der Waals surface area contributed by atoms with Crippen LogP contribution in [0.3, 0.4) is 0 Å². The molecule has 0 aliphatic rings. The molecule has 6 heteroatoms. The SMILES string of the molecule is CCOc1ccc(C(=O)N(C)C(C)CC(C)OC(=O)c2ccc(OC)cc2)cc1. The first kappa shape index (κ1) is 22.3. The van der Waals surface area contributed by atoms with Gasteiger partial charge in [-0.3, -0.25) is 4.79 Å². The van der Waals surface area contributed by atoms with E-state index in [-0.39, 0.29) is 18.1 Å². The number of benzene rings is 2. The zero-order chi connectivity index (χ0) is 21.4. The van der Waals surface area contributed by atoms with Crippen LogP contribution in [0.1, 0.15) is 47.9 Å². The molecule has 6 nitrogen and oxygen atoms in total. The molecule has 2 rings (SSSR count). The van der Waals surface area contributed by atoms with Gasteiger partial charge in [0.15, 0.2) is 0 Å². The Morgan fingerprint density at radius 2 is 1.48 bits per heavy atom. The van der Waals surface area contributed by atoms with Crippen LogP contribution in [0.25, 0.3) is 0 Å². The van der Waals surface area contributed by atoms with E-state index in [1.807, 2.05) is 20.8 Å². The van der Waals surface area contributed by atoms with E-state index in [1.165, 1.54) is 0 Å². The van der Waals surface area contributed by atoms with Crippen LogP contribution in [0.2, 0.25) is 0 Å². The molecule has 0 N–H and O–H groups in total. The van der Waals surface area contributed by atoms with Crippen LogP contribution in [0, 0.1) is 0 Å². The number of methoxy groups -OCH3 is 1. The highest BCUT2D eigenvalue weighted by Gasteiger charge is 2.21. The van der Waals surface area contributed by atoms with Gasteiger partial charge in [-0.05, 0) is 69.3 Å². The minimum absolute atomic E-state index is 0.0887. The molecule has 29 heavy (non-hydrogen) atoms. The van der Waals surface area contributed by atoms with Gasteiger partial charge in [0.2, 0.25) is 0 Å². The van der Waals surface area contributed by atoms with Gasteiger partial charge in [0.1, 0.15) is 17.6 Å². The number of carbonyl (C=O) groups excluding carboxylic acids is 2. The van der Waals surface area contributed by atoms with Gasteiger partial charge in [-0.2, -0.15) is 0 Å². The summed E-state index contributed by atoms with van der Waals surface area (Å²) in [6, 6.07) is 13.7. The molecular weight excluding hydrogens is 370 g/mol. The number of ether oxygens (including phenoxy) is 3. The lowest BCUT2D eigenvalue weighted by molar-refractivity contribution is 0.0268. The highest BCUT2D eigenvalue weighted by molar-refractivity contribution is 5.94. The number of carbonyl (C=O) groups is 2. The maximum atomic E-state index is 12.7. The first-order valence-electron chi connectivity index (χ1n) is 9.70. The van der Waals surface area contributed by atoms with E-state index in [9.17, 15) is 9.59 Å². The Kier molecular flexibility index (Phi) is 8.07. The fourth-order valence-corrected chi connectivity index (χ4v) is 2.93. The molecule has 2 aromatic rings. The summed E-state index contributed by atoms with van der Waals surface area (Å²) < 4.78 is 16.0. The first-order chi connectivity index (χ1) is 13.8. The average Bonchev–Trinajstić information content (AvgIpc) is 2.73. The largest absolute Gasteiger partial charge is 0.497 e. The maximum absolute atomic E-state index is 12.7. The van der Waals surface area contributed by atoms with Gasteiger partial charge in [0.05, 0.1) is 19.3 Å². The molecule has 0 aromatic heterocycles. The highest BCUT2D eigenvalue weighted by Crippen LogP contribution is 2.17. The van der Waals surface area contributed by atoms with E-state index in [2.05, 4.69) is 0 Å². The molecular formula is C23H29NO5. The van der Waals surface area contributed by atoms with Gasteiger partial charge >= 0.3 is 5.97 Å². The third kappa shape index (κ3) is 6.24. The van der Waals surface area contributed by atoms with Crippen molar-refractivity contribution in [2.75, 3.05) is 20.8 Å². The fraction of sp³-hybridized carbons (Fsp3) is 0.391. The summed E-state index contributed by atoms with van der Waals surface area (Å²) in [7, 11) is 3.32. The van der Waals surface area contributed by atoms with Crippen LogP contribution in [-0.2, 0) is 4.74 Å². The molecule has 0 bridgehead atoms. The number of esters is 1. The summed E-state index contributed by atoms with van der Waals surface area (Å²) in [6.45, 7) is 6.26. The van der Waals surface area contributed by atoms with Crippen molar-refractivity contribution < 1.29 is 23.8 Å². The number of nitrogens with zero attached hydrogens (tertiary/aromatic N) is 1. The number of rotatable bonds is 9. The quantitative estimate of drug-likeness (QED) is 0.592. The number of hydrogen-bond donors (Lipinski definition) is 0. The molecule has 2 unspecified atom stereocenters. The summed E-state index contributed by atoms with van der Waals surface area (Å²) in [4.78, 5) is 26.7. The Bertz CT molecular complexity index is 801. The van der Waals surface area contributed by atoms with Crippen molar-refractivity contribution >= 4 is 11.9 Å². The van der Waals surface area contributed by atoms with Crippen LogP contribution >= 0.6 is 0 Å². The van der Waals surface area contributed by atoms with Crippen LogP contribution in [0.15, 0.2) is 48.5 Å². The smallest absolute Gasteiger partial charge is 0.338 e. The molecule has 2 atom stereocenters. The summed E-state index contributed by atoms with van der Waals surface area (Å²) in [5, 5.41) is 0. The lowest BCUT2D eigenvalue weighted by Gasteiger charge is -2.27. The summed E-state index contributed by atoms with van der Waals surface area (Å²) in [5.74, 6) is 0.929. The van der Waals surface area contributed by atoms with Crippen molar-refractivity contribution in [3.8, 4) is 11.5 Å². The Labute approximate surface area is 172 Å². The molecule has 1 amide bonds. The zero-order valence-corrected chi connectivity index (χ0v) is 17.7. The molecule has 156 valence electrons. The van der Waals surface area contributed by atoms with Crippen molar-refractivity contribution in [2.45, 2.75) is 39.3 Å². The van der Waals surface area contributed by atoms with Crippen molar-refractivity contribution in [2.24, 2.45) is 0 Å². The van der Waals surface area contributed by atoms with Crippen LogP contribution in [-0.4, -0.2) is 49.7 Å². The minimum atomic E-state index is -0.396. The zero-order valence-electron chi connectivity index (χ0n) is 17.7. The van der Waals surface area contributed by atoms with E-state index in [0.717, 1.165) is 5.75 Å². The van der Waals surface area contributed by atoms with E-state index in [4.69, 9.17) is 14.2 Å². The second-order valence-electron chi connectivity index (χ2n) is 6.90. The summed E-state index contributed by atoms with van der Waals surface area (Å²) >= 11 is 0. The number of amides is 1. The minimum Gasteiger partial charge on any atom is -0.497 e. The normalized spacial score (nSPS) is 12.6. The van der Waals surface area contributed by atoms with Gasteiger partial charge in [0.25, 0.3) is 5.91 Å². The maximum Gasteiger partial charge on any atom is 0.338 e. The second-order valence-corrected chi connectivity index (χ2v) is 6.90. The van der Waals surface area contributed by atoms with Gasteiger partial charge in [-0.1, -0.05) is 0 Å². The van der Waals surface area contributed by atoms with Gasteiger partial charge in [-0.15, -0.1) is 0 Å². The predicted octanol–water partition coefficient (Wildman–Crippen LogP) is 4.19. The average molecular weight is 399 g/mol. The monoisotopic (exact) mass is 399 g/mol. The summed E-state index contributed by atoms with van der Waals surface area (Å²) in [5.41, 5.74) is 1.05. The van der Waals surface area contributed by atoms with Crippen molar-refractivity contribution in [1.82, 2.24) is 4.90 Å². The van der Waals surface area contributed by atoms with Crippen LogP contribution in [0.5, 0.6) is 11.5 Å². The lowest BCUT2D eigenvalue weighted by Crippen LogP contribution is -2.37. The van der Waals surface area contributed by atoms with Crippen molar-refractivity contribution in [3.05, 3.63) is 59.7 Å². The van der Waals surface area contributed by atoms with E-state index < -0.39 is 5.97 Å². The molecule has 0 fully saturated rings. The molecule has 0 saturated carbocycles. The van der Waals surface area contributed by atoms with E-state index in [1.54, 1.807) is 67.6 Å². The van der Waals surface area contributed by atoms with Crippen LogP contribution < -0.4 is 9.47 Å². The highest BCUT2D eigenvalue weighted by atomic mass is 16.5. The van der Waals surface area contributed by atoms with Gasteiger partial charge in [0, 0.05) is 25.1 Å². The fourth-order valence-electron chi connectivity index (χ4n) is 2.93. The number of hydrogen-bond acceptors (Lipinski definition) is 5. The molecule has 0 aliphatic carbocycles. The molecule has 0 heterocycles. The predicted molar refractivity (Wildman–Crippen MR) is 112 cm³/mol. The first-order valence-corrected chi connectivity index (χ1v) is 9.70. The lowest BCUT2D eigenvalue weighted by atomic mass is 10.1. The second kappa shape index (κ2) is 10.5. The Balaban J connectivity index is 1.90. The Morgan fingerprint density at radius 3 is 2.03 bits per heavy atom. The van der Waals surface area contributed by atoms with E-state index >= 15 is 0 Å². The Hall–Kier alpha value is -3.02. The molecule has 0 saturated heterocycles. The molecule has 0 aliphatic heterocycles. The standard InChI is InChI=1S/C23H29NO5/c1-6-28-21-13-7-18(8-14-21)22(25)24(4)16(2)15-17(3)29-23(26)19-9-11-20(27-5)12-10-19/h7-14,16-17H,6,15H2,1-5H3. The third-order valence-corrected chi connectivity index (χ3v) is 4.70. The Morgan fingerprint density at radius 1 is 0.931 bits per heavy atom. The van der Waals surface area contributed by atoms with E-state index in [0.29, 0.717) is 29.9 Å². The molecule has 2 aromatic carbocycles. The third-order valence-electron chi connectivity index (χ3n) is 4.70. The molecule has 0 spiro atoms. The van der Waals surface area contributed by atoms with Gasteiger partial charge in [-0.25, -0.2) is 4.79 Å². The summed E-state index contributed by atoms with van der Waals surface area (Å²) in [6.07, 6.45) is 0.191. The van der Waals surface area contributed by atoms with Gasteiger partial charge < -0.3 is 19.1 Å². The van der Waals surface area contributed by atoms with Crippen LogP contribution in [0.4, 0.5) is 0 Å². The van der Waals surface area contributed by atoms with Crippen molar-refractivity contribution in [3.63, 3.8) is 0 Å². The topological polar surface area (TPSA) is 65.1 Å².